The third-order valence-electron chi connectivity index (χ3n) is 3.42. The SMILES string of the molecule is Cc1ccc2nc(NC(=O)c3ccc4nccn4c3)sc2c1. The second-order valence-corrected chi connectivity index (χ2v) is 6.09. The van der Waals surface area contributed by atoms with Crippen molar-refractivity contribution in [3.63, 3.8) is 0 Å². The summed E-state index contributed by atoms with van der Waals surface area (Å²) in [5, 5.41) is 3.47. The minimum absolute atomic E-state index is 0.175. The van der Waals surface area contributed by atoms with E-state index in [1.807, 2.05) is 35.7 Å². The number of aryl methyl sites for hydroxylation is 1. The number of amides is 1. The van der Waals surface area contributed by atoms with Crippen molar-refractivity contribution in [1.29, 1.82) is 0 Å². The van der Waals surface area contributed by atoms with Crippen LogP contribution in [0.25, 0.3) is 15.9 Å². The number of thiazole rings is 1. The fraction of sp³-hybridized carbons (Fsp3) is 0.0625. The normalized spacial score (nSPS) is 11.1. The van der Waals surface area contributed by atoms with Crippen LogP contribution in [-0.2, 0) is 0 Å². The van der Waals surface area contributed by atoms with E-state index in [2.05, 4.69) is 21.4 Å². The highest BCUT2D eigenvalue weighted by Crippen LogP contribution is 2.27. The van der Waals surface area contributed by atoms with E-state index in [-0.39, 0.29) is 5.91 Å². The number of rotatable bonds is 2. The van der Waals surface area contributed by atoms with Crippen molar-refractivity contribution in [2.45, 2.75) is 6.92 Å². The first-order chi connectivity index (χ1) is 10.7. The molecule has 0 fully saturated rings. The van der Waals surface area contributed by atoms with Gasteiger partial charge in [0.05, 0.1) is 15.8 Å². The zero-order valence-electron chi connectivity index (χ0n) is 11.8. The number of pyridine rings is 1. The van der Waals surface area contributed by atoms with Crippen molar-refractivity contribution >= 4 is 38.2 Å². The Labute approximate surface area is 130 Å². The minimum Gasteiger partial charge on any atom is -0.306 e. The standard InChI is InChI=1S/C16H12N4OS/c1-10-2-4-12-13(8-10)22-16(18-12)19-15(21)11-3-5-14-17-6-7-20(14)9-11/h2-9H,1H3,(H,18,19,21). The summed E-state index contributed by atoms with van der Waals surface area (Å²) >= 11 is 1.48. The van der Waals surface area contributed by atoms with Crippen molar-refractivity contribution in [2.24, 2.45) is 0 Å². The number of hydrogen-bond acceptors (Lipinski definition) is 4. The Kier molecular flexibility index (Phi) is 2.90. The van der Waals surface area contributed by atoms with Gasteiger partial charge in [-0.05, 0) is 36.8 Å². The lowest BCUT2D eigenvalue weighted by Gasteiger charge is -2.02. The van der Waals surface area contributed by atoms with Crippen LogP contribution in [0, 0.1) is 6.92 Å². The van der Waals surface area contributed by atoms with Gasteiger partial charge in [-0.25, -0.2) is 9.97 Å². The highest BCUT2D eigenvalue weighted by molar-refractivity contribution is 7.22. The third kappa shape index (κ3) is 2.23. The number of anilines is 1. The van der Waals surface area contributed by atoms with Crippen LogP contribution < -0.4 is 5.32 Å². The Balaban J connectivity index is 1.64. The predicted molar refractivity (Wildman–Crippen MR) is 87.5 cm³/mol. The lowest BCUT2D eigenvalue weighted by molar-refractivity contribution is 0.102. The quantitative estimate of drug-likeness (QED) is 0.616. The van der Waals surface area contributed by atoms with Gasteiger partial charge in [-0.15, -0.1) is 0 Å². The summed E-state index contributed by atoms with van der Waals surface area (Å²) in [5.41, 5.74) is 3.46. The number of hydrogen-bond donors (Lipinski definition) is 1. The Bertz CT molecular complexity index is 1000. The maximum atomic E-state index is 12.3. The molecule has 3 aromatic heterocycles. The van der Waals surface area contributed by atoms with Gasteiger partial charge in [-0.1, -0.05) is 17.4 Å². The molecule has 108 valence electrons. The lowest BCUT2D eigenvalue weighted by atomic mass is 10.2. The molecule has 3 heterocycles. The van der Waals surface area contributed by atoms with Gasteiger partial charge in [0.2, 0.25) is 0 Å². The molecular formula is C16H12N4OS. The van der Waals surface area contributed by atoms with E-state index in [0.717, 1.165) is 15.9 Å². The molecule has 0 aliphatic carbocycles. The maximum Gasteiger partial charge on any atom is 0.258 e. The number of imidazole rings is 1. The second kappa shape index (κ2) is 4.92. The van der Waals surface area contributed by atoms with E-state index in [1.54, 1.807) is 18.5 Å². The zero-order chi connectivity index (χ0) is 15.1. The van der Waals surface area contributed by atoms with Crippen LogP contribution in [0.5, 0.6) is 0 Å². The summed E-state index contributed by atoms with van der Waals surface area (Å²) in [6, 6.07) is 9.63. The van der Waals surface area contributed by atoms with Crippen LogP contribution in [0.1, 0.15) is 15.9 Å². The Morgan fingerprint density at radius 3 is 3.09 bits per heavy atom. The average molecular weight is 308 g/mol. The number of benzene rings is 1. The van der Waals surface area contributed by atoms with Gasteiger partial charge in [0.25, 0.3) is 5.91 Å². The van der Waals surface area contributed by atoms with Crippen molar-refractivity contribution < 1.29 is 4.79 Å². The molecule has 4 rings (SSSR count). The van der Waals surface area contributed by atoms with Gasteiger partial charge in [0.1, 0.15) is 5.65 Å². The molecule has 1 amide bonds. The monoisotopic (exact) mass is 308 g/mol. The summed E-state index contributed by atoms with van der Waals surface area (Å²) in [7, 11) is 0. The number of nitrogens with zero attached hydrogens (tertiary/aromatic N) is 3. The molecule has 22 heavy (non-hydrogen) atoms. The average Bonchev–Trinajstić information content (AvgIpc) is 3.11. The Morgan fingerprint density at radius 2 is 2.18 bits per heavy atom. The van der Waals surface area contributed by atoms with Crippen molar-refractivity contribution in [1.82, 2.24) is 14.4 Å². The summed E-state index contributed by atoms with van der Waals surface area (Å²) < 4.78 is 2.89. The first-order valence-corrected chi connectivity index (χ1v) is 7.62. The van der Waals surface area contributed by atoms with Crippen LogP contribution >= 0.6 is 11.3 Å². The highest BCUT2D eigenvalue weighted by Gasteiger charge is 2.11. The molecule has 0 saturated carbocycles. The van der Waals surface area contributed by atoms with Gasteiger partial charge >= 0.3 is 0 Å². The topological polar surface area (TPSA) is 59.3 Å². The molecule has 1 N–H and O–H groups in total. The number of carbonyl (C=O) groups excluding carboxylic acids is 1. The summed E-state index contributed by atoms with van der Waals surface area (Å²) in [6.07, 6.45) is 5.27. The Hall–Kier alpha value is -2.73. The number of fused-ring (bicyclic) bond motifs is 2. The molecule has 6 heteroatoms. The van der Waals surface area contributed by atoms with E-state index in [4.69, 9.17) is 0 Å². The van der Waals surface area contributed by atoms with Gasteiger partial charge in [0.15, 0.2) is 5.13 Å². The second-order valence-electron chi connectivity index (χ2n) is 5.05. The van der Waals surface area contributed by atoms with Crippen LogP contribution in [0.2, 0.25) is 0 Å². The van der Waals surface area contributed by atoms with Crippen LogP contribution in [0.15, 0.2) is 48.9 Å². The van der Waals surface area contributed by atoms with E-state index in [9.17, 15) is 4.79 Å². The zero-order valence-corrected chi connectivity index (χ0v) is 12.6. The van der Waals surface area contributed by atoms with Gasteiger partial charge in [-0.2, -0.15) is 0 Å². The third-order valence-corrected chi connectivity index (χ3v) is 4.35. The van der Waals surface area contributed by atoms with Gasteiger partial charge in [-0.3, -0.25) is 10.1 Å². The van der Waals surface area contributed by atoms with Gasteiger partial charge < -0.3 is 4.40 Å². The van der Waals surface area contributed by atoms with E-state index in [0.29, 0.717) is 10.7 Å². The van der Waals surface area contributed by atoms with E-state index < -0.39 is 0 Å². The van der Waals surface area contributed by atoms with Crippen molar-refractivity contribution in [3.05, 3.63) is 60.0 Å². The summed E-state index contributed by atoms with van der Waals surface area (Å²) in [4.78, 5) is 20.9. The van der Waals surface area contributed by atoms with E-state index in [1.165, 1.54) is 16.9 Å². The molecule has 0 atom stereocenters. The van der Waals surface area contributed by atoms with Crippen LogP contribution in [-0.4, -0.2) is 20.3 Å². The fourth-order valence-electron chi connectivity index (χ4n) is 2.31. The molecule has 0 aliphatic rings. The molecule has 4 aromatic rings. The molecule has 0 aliphatic heterocycles. The first kappa shape index (κ1) is 13.0. The van der Waals surface area contributed by atoms with E-state index >= 15 is 0 Å². The number of aromatic nitrogens is 3. The molecule has 5 nitrogen and oxygen atoms in total. The van der Waals surface area contributed by atoms with Crippen LogP contribution in [0.4, 0.5) is 5.13 Å². The molecule has 0 bridgehead atoms. The largest absolute Gasteiger partial charge is 0.306 e. The number of nitrogens with one attached hydrogen (secondary N) is 1. The van der Waals surface area contributed by atoms with Crippen molar-refractivity contribution in [2.75, 3.05) is 5.32 Å². The van der Waals surface area contributed by atoms with Crippen LogP contribution in [0.3, 0.4) is 0 Å². The predicted octanol–water partition coefficient (Wildman–Crippen LogP) is 3.50. The first-order valence-electron chi connectivity index (χ1n) is 6.80. The minimum atomic E-state index is -0.175. The molecule has 0 unspecified atom stereocenters. The van der Waals surface area contributed by atoms with Crippen molar-refractivity contribution in [3.8, 4) is 0 Å². The molecule has 1 aromatic carbocycles. The number of carbonyl (C=O) groups is 1. The highest BCUT2D eigenvalue weighted by atomic mass is 32.1. The molecular weight excluding hydrogens is 296 g/mol. The van der Waals surface area contributed by atoms with Gasteiger partial charge in [0, 0.05) is 18.6 Å². The maximum absolute atomic E-state index is 12.3. The Morgan fingerprint density at radius 1 is 1.27 bits per heavy atom. The smallest absolute Gasteiger partial charge is 0.258 e. The lowest BCUT2D eigenvalue weighted by Crippen LogP contribution is -2.12. The molecule has 0 saturated heterocycles. The summed E-state index contributed by atoms with van der Waals surface area (Å²) in [6.45, 7) is 2.04. The summed E-state index contributed by atoms with van der Waals surface area (Å²) in [5.74, 6) is -0.175. The molecule has 0 spiro atoms. The molecule has 0 radical (unpaired) electrons. The fourth-order valence-corrected chi connectivity index (χ4v) is 3.27.